The van der Waals surface area contributed by atoms with Gasteiger partial charge in [0.15, 0.2) is 0 Å². The second-order valence-corrected chi connectivity index (χ2v) is 7.42. The van der Waals surface area contributed by atoms with Gasteiger partial charge in [-0.2, -0.15) is 0 Å². The summed E-state index contributed by atoms with van der Waals surface area (Å²) < 4.78 is 50.6. The van der Waals surface area contributed by atoms with Crippen LogP contribution in [0.5, 0.6) is 0 Å². The maximum absolute atomic E-state index is 13.2. The molecular formula is C11H17FN2O3S2. The lowest BCUT2D eigenvalue weighted by molar-refractivity contribution is 0.581. The third-order valence-electron chi connectivity index (χ3n) is 2.49. The van der Waals surface area contributed by atoms with Gasteiger partial charge in [0.25, 0.3) is 0 Å². The average molecular weight is 308 g/mol. The fourth-order valence-electron chi connectivity index (χ4n) is 1.39. The molecule has 5 nitrogen and oxygen atoms in total. The molecule has 0 aliphatic heterocycles. The van der Waals surface area contributed by atoms with Crippen molar-refractivity contribution < 1.29 is 17.0 Å². The van der Waals surface area contributed by atoms with Crippen LogP contribution in [0.1, 0.15) is 12.5 Å². The molecule has 0 bridgehead atoms. The highest BCUT2D eigenvalue weighted by Gasteiger charge is 2.15. The Bertz CT molecular complexity index is 561. The molecule has 1 unspecified atom stereocenters. The summed E-state index contributed by atoms with van der Waals surface area (Å²) in [5.74, 6) is 0.199. The quantitative estimate of drug-likeness (QED) is 0.760. The van der Waals surface area contributed by atoms with E-state index in [1.54, 1.807) is 6.92 Å². The molecule has 0 saturated heterocycles. The molecular weight excluding hydrogens is 291 g/mol. The molecule has 1 rings (SSSR count). The van der Waals surface area contributed by atoms with Crippen LogP contribution in [-0.4, -0.2) is 30.7 Å². The zero-order chi connectivity index (χ0) is 14.5. The standard InChI is InChI=1S/C11H17FN2O3S2/c1-2-18(15)6-5-14-19(16,17)10-3-4-11(12)9(7-10)8-13/h3-4,7,14H,2,5-6,8,13H2,1H3. The van der Waals surface area contributed by atoms with Gasteiger partial charge in [-0.25, -0.2) is 17.5 Å². The second kappa shape index (κ2) is 7.09. The summed E-state index contributed by atoms with van der Waals surface area (Å²) in [6, 6.07) is 3.45. The van der Waals surface area contributed by atoms with Gasteiger partial charge in [-0.3, -0.25) is 4.21 Å². The van der Waals surface area contributed by atoms with Crippen LogP contribution in [0.4, 0.5) is 4.39 Å². The van der Waals surface area contributed by atoms with Crippen LogP contribution in [0.2, 0.25) is 0 Å². The van der Waals surface area contributed by atoms with Crippen molar-refractivity contribution in [1.29, 1.82) is 0 Å². The van der Waals surface area contributed by atoms with Crippen molar-refractivity contribution in [2.75, 3.05) is 18.1 Å². The van der Waals surface area contributed by atoms with E-state index in [0.29, 0.717) is 5.75 Å². The van der Waals surface area contributed by atoms with E-state index in [0.717, 1.165) is 6.07 Å². The van der Waals surface area contributed by atoms with Crippen LogP contribution >= 0.6 is 0 Å². The Morgan fingerprint density at radius 2 is 2.11 bits per heavy atom. The molecule has 1 atom stereocenters. The van der Waals surface area contributed by atoms with Gasteiger partial charge in [-0.1, -0.05) is 6.92 Å². The third-order valence-corrected chi connectivity index (χ3v) is 5.25. The lowest BCUT2D eigenvalue weighted by Gasteiger charge is -2.08. The Morgan fingerprint density at radius 1 is 1.42 bits per heavy atom. The topological polar surface area (TPSA) is 89.3 Å². The van der Waals surface area contributed by atoms with Crippen molar-refractivity contribution in [2.24, 2.45) is 5.73 Å². The summed E-state index contributed by atoms with van der Waals surface area (Å²) >= 11 is 0. The van der Waals surface area contributed by atoms with Crippen LogP contribution in [0, 0.1) is 5.82 Å². The minimum Gasteiger partial charge on any atom is -0.326 e. The van der Waals surface area contributed by atoms with Crippen molar-refractivity contribution in [3.8, 4) is 0 Å². The number of halogens is 1. The number of hydrogen-bond donors (Lipinski definition) is 2. The predicted octanol–water partition coefficient (Wildman–Crippen LogP) is 0.331. The molecule has 19 heavy (non-hydrogen) atoms. The van der Waals surface area contributed by atoms with Gasteiger partial charge in [0.2, 0.25) is 10.0 Å². The molecule has 0 saturated carbocycles. The van der Waals surface area contributed by atoms with Crippen molar-refractivity contribution >= 4 is 20.8 Å². The summed E-state index contributed by atoms with van der Waals surface area (Å²) in [7, 11) is -4.75. The van der Waals surface area contributed by atoms with E-state index in [1.165, 1.54) is 12.1 Å². The number of nitrogens with one attached hydrogen (secondary N) is 1. The average Bonchev–Trinajstić information content (AvgIpc) is 2.38. The van der Waals surface area contributed by atoms with Crippen LogP contribution in [0.15, 0.2) is 23.1 Å². The Labute approximate surface area is 114 Å². The van der Waals surface area contributed by atoms with Crippen LogP contribution in [0.3, 0.4) is 0 Å². The smallest absolute Gasteiger partial charge is 0.240 e. The molecule has 0 spiro atoms. The minimum absolute atomic E-state index is 0.0448. The summed E-state index contributed by atoms with van der Waals surface area (Å²) in [5, 5.41) is 0. The molecule has 8 heteroatoms. The normalized spacial score (nSPS) is 13.4. The van der Waals surface area contributed by atoms with Gasteiger partial charge in [0.1, 0.15) is 5.82 Å². The molecule has 0 heterocycles. The zero-order valence-electron chi connectivity index (χ0n) is 10.6. The molecule has 0 amide bonds. The molecule has 0 radical (unpaired) electrons. The van der Waals surface area contributed by atoms with Gasteiger partial charge in [-0.15, -0.1) is 0 Å². The summed E-state index contributed by atoms with van der Waals surface area (Å²) in [6.07, 6.45) is 0. The lowest BCUT2D eigenvalue weighted by Crippen LogP contribution is -2.28. The van der Waals surface area contributed by atoms with E-state index in [1.807, 2.05) is 0 Å². The molecule has 108 valence electrons. The Balaban J connectivity index is 2.80. The van der Waals surface area contributed by atoms with Gasteiger partial charge in [-0.05, 0) is 18.2 Å². The number of benzene rings is 1. The number of rotatable bonds is 7. The van der Waals surface area contributed by atoms with E-state index in [2.05, 4.69) is 4.72 Å². The van der Waals surface area contributed by atoms with Crippen LogP contribution in [0.25, 0.3) is 0 Å². The first kappa shape index (κ1) is 16.2. The molecule has 0 aliphatic rings. The molecule has 3 N–H and O–H groups in total. The Hall–Kier alpha value is -0.830. The van der Waals surface area contributed by atoms with E-state index >= 15 is 0 Å². The fourth-order valence-corrected chi connectivity index (χ4v) is 3.22. The van der Waals surface area contributed by atoms with Gasteiger partial charge in [0.05, 0.1) is 4.90 Å². The molecule has 0 fully saturated rings. The summed E-state index contributed by atoms with van der Waals surface area (Å²) in [6.45, 7) is 1.77. The number of nitrogens with two attached hydrogens (primary N) is 1. The van der Waals surface area contributed by atoms with Gasteiger partial charge < -0.3 is 5.73 Å². The van der Waals surface area contributed by atoms with Crippen LogP contribution in [-0.2, 0) is 27.4 Å². The first-order valence-electron chi connectivity index (χ1n) is 5.74. The van der Waals surface area contributed by atoms with Crippen molar-refractivity contribution in [3.63, 3.8) is 0 Å². The van der Waals surface area contributed by atoms with Crippen molar-refractivity contribution in [1.82, 2.24) is 4.72 Å². The van der Waals surface area contributed by atoms with Crippen LogP contribution < -0.4 is 10.5 Å². The monoisotopic (exact) mass is 308 g/mol. The highest BCUT2D eigenvalue weighted by molar-refractivity contribution is 7.89. The molecule has 0 aromatic heterocycles. The summed E-state index contributed by atoms with van der Waals surface area (Å²) in [5.41, 5.74) is 5.46. The fraction of sp³-hybridized carbons (Fsp3) is 0.455. The van der Waals surface area contributed by atoms with E-state index in [4.69, 9.17) is 5.73 Å². The molecule has 0 aliphatic carbocycles. The predicted molar refractivity (Wildman–Crippen MR) is 73.0 cm³/mol. The maximum atomic E-state index is 13.2. The minimum atomic E-state index is -3.72. The first-order valence-corrected chi connectivity index (χ1v) is 8.71. The first-order chi connectivity index (χ1) is 8.90. The molecule has 1 aromatic carbocycles. The maximum Gasteiger partial charge on any atom is 0.240 e. The number of sulfonamides is 1. The Morgan fingerprint density at radius 3 is 2.68 bits per heavy atom. The highest BCUT2D eigenvalue weighted by atomic mass is 32.2. The van der Waals surface area contributed by atoms with Gasteiger partial charge in [0, 0.05) is 41.0 Å². The molecule has 1 aromatic rings. The zero-order valence-corrected chi connectivity index (χ0v) is 12.2. The summed E-state index contributed by atoms with van der Waals surface area (Å²) in [4.78, 5) is -0.0448. The van der Waals surface area contributed by atoms with E-state index < -0.39 is 26.6 Å². The van der Waals surface area contributed by atoms with Crippen molar-refractivity contribution in [2.45, 2.75) is 18.4 Å². The highest BCUT2D eigenvalue weighted by Crippen LogP contribution is 2.14. The third kappa shape index (κ3) is 4.64. The number of hydrogen-bond acceptors (Lipinski definition) is 4. The SMILES string of the molecule is CCS(=O)CCNS(=O)(=O)c1ccc(F)c(CN)c1. The van der Waals surface area contributed by atoms with E-state index in [9.17, 15) is 17.0 Å². The van der Waals surface area contributed by atoms with Gasteiger partial charge >= 0.3 is 0 Å². The Kier molecular flexibility index (Phi) is 6.05. The van der Waals surface area contributed by atoms with E-state index in [-0.39, 0.29) is 29.3 Å². The lowest BCUT2D eigenvalue weighted by atomic mass is 10.2. The largest absolute Gasteiger partial charge is 0.326 e. The second-order valence-electron chi connectivity index (χ2n) is 3.79. The van der Waals surface area contributed by atoms with Crippen molar-refractivity contribution in [3.05, 3.63) is 29.6 Å².